The number of nitrogens with zero attached hydrogens (tertiary/aromatic N) is 4. The molecule has 13 heteroatoms. The fourth-order valence-corrected chi connectivity index (χ4v) is 7.11. The highest BCUT2D eigenvalue weighted by atomic mass is 35.5. The van der Waals surface area contributed by atoms with Crippen molar-refractivity contribution in [2.75, 3.05) is 23.1 Å². The smallest absolute Gasteiger partial charge is 0.234 e. The van der Waals surface area contributed by atoms with Crippen molar-refractivity contribution >= 4 is 57.2 Å². The van der Waals surface area contributed by atoms with Gasteiger partial charge in [0.2, 0.25) is 11.0 Å². The fourth-order valence-electron chi connectivity index (χ4n) is 5.17. The number of hydrogen-bond acceptors (Lipinski definition) is 10. The third kappa shape index (κ3) is 5.72. The number of allylic oxidation sites excluding steroid dienone is 3. The van der Waals surface area contributed by atoms with Gasteiger partial charge in [-0.25, -0.2) is 4.39 Å². The summed E-state index contributed by atoms with van der Waals surface area (Å²) in [6.45, 7) is 3.95. The molecule has 2 aromatic carbocycles. The number of ether oxygens (including phenoxy) is 1. The van der Waals surface area contributed by atoms with E-state index in [4.69, 9.17) is 22.1 Å². The van der Waals surface area contributed by atoms with Crippen LogP contribution >= 0.6 is 34.7 Å². The van der Waals surface area contributed by atoms with E-state index in [1.807, 2.05) is 13.8 Å². The maximum absolute atomic E-state index is 15.0. The predicted octanol–water partition coefficient (Wildman–Crippen LogP) is 6.01. The van der Waals surface area contributed by atoms with E-state index in [2.05, 4.69) is 21.6 Å². The number of nitrogens with one attached hydrogen (secondary N) is 1. The van der Waals surface area contributed by atoms with Gasteiger partial charge >= 0.3 is 0 Å². The second kappa shape index (κ2) is 11.8. The van der Waals surface area contributed by atoms with Crippen LogP contribution in [0.5, 0.6) is 5.75 Å². The zero-order valence-electron chi connectivity index (χ0n) is 22.9. The van der Waals surface area contributed by atoms with Crippen molar-refractivity contribution in [2.45, 2.75) is 36.9 Å². The number of benzene rings is 2. The van der Waals surface area contributed by atoms with Gasteiger partial charge in [-0.3, -0.25) is 14.5 Å². The van der Waals surface area contributed by atoms with Crippen molar-refractivity contribution in [1.29, 1.82) is 5.26 Å². The molecule has 1 aromatic heterocycles. The minimum atomic E-state index is -0.928. The van der Waals surface area contributed by atoms with Crippen LogP contribution in [0.25, 0.3) is 0 Å². The third-order valence-electron chi connectivity index (χ3n) is 6.95. The Balaban J connectivity index is 1.44. The number of rotatable bonds is 7. The molecule has 2 aliphatic rings. The molecule has 0 saturated heterocycles. The summed E-state index contributed by atoms with van der Waals surface area (Å²) >= 11 is 8.49. The average molecular weight is 625 g/mol. The van der Waals surface area contributed by atoms with Crippen molar-refractivity contribution in [3.05, 3.63) is 81.5 Å². The number of halogens is 2. The monoisotopic (exact) mass is 624 g/mol. The van der Waals surface area contributed by atoms with E-state index in [1.165, 1.54) is 36.3 Å². The molecule has 1 amide bonds. The lowest BCUT2D eigenvalue weighted by Crippen LogP contribution is -2.42. The molecule has 216 valence electrons. The maximum atomic E-state index is 15.0. The lowest BCUT2D eigenvalue weighted by molar-refractivity contribution is -0.118. The van der Waals surface area contributed by atoms with Crippen LogP contribution in [0.4, 0.5) is 15.2 Å². The van der Waals surface area contributed by atoms with Gasteiger partial charge in [-0.15, -0.1) is 10.2 Å². The Bertz CT molecular complexity index is 1700. The lowest BCUT2D eigenvalue weighted by Gasteiger charge is -2.42. The first-order valence-electron chi connectivity index (χ1n) is 12.8. The van der Waals surface area contributed by atoms with E-state index in [1.54, 1.807) is 41.3 Å². The van der Waals surface area contributed by atoms with Crippen LogP contribution in [0.15, 0.2) is 69.5 Å². The molecule has 0 saturated carbocycles. The first-order chi connectivity index (χ1) is 20.0. The van der Waals surface area contributed by atoms with Crippen molar-refractivity contribution < 1.29 is 18.7 Å². The Morgan fingerprint density at radius 3 is 2.76 bits per heavy atom. The van der Waals surface area contributed by atoms with Crippen molar-refractivity contribution in [2.24, 2.45) is 11.1 Å². The number of carbonyl (C=O) groups is 2. The molecule has 3 N–H and O–H groups in total. The molecule has 0 spiro atoms. The Kier molecular flexibility index (Phi) is 8.28. The van der Waals surface area contributed by atoms with Crippen LogP contribution < -0.4 is 20.7 Å². The van der Waals surface area contributed by atoms with Gasteiger partial charge in [0.25, 0.3) is 0 Å². The number of carbonyl (C=O) groups excluding carboxylic acids is 2. The Labute approximate surface area is 255 Å². The van der Waals surface area contributed by atoms with E-state index in [0.717, 1.165) is 0 Å². The van der Waals surface area contributed by atoms with Crippen molar-refractivity contribution in [1.82, 2.24) is 10.2 Å². The summed E-state index contributed by atoms with van der Waals surface area (Å²) in [5.41, 5.74) is 7.91. The highest BCUT2D eigenvalue weighted by Crippen LogP contribution is 2.51. The largest absolute Gasteiger partial charge is 0.495 e. The van der Waals surface area contributed by atoms with Gasteiger partial charge in [-0.1, -0.05) is 66.7 Å². The molecule has 1 unspecified atom stereocenters. The number of amides is 1. The van der Waals surface area contributed by atoms with Gasteiger partial charge in [-0.2, -0.15) is 5.26 Å². The molecule has 1 aliphatic heterocycles. The molecule has 1 atom stereocenters. The molecule has 2 heterocycles. The highest BCUT2D eigenvalue weighted by molar-refractivity contribution is 8.01. The predicted molar refractivity (Wildman–Crippen MR) is 161 cm³/mol. The number of thioether (sulfide) groups is 1. The molecular weight excluding hydrogens is 599 g/mol. The summed E-state index contributed by atoms with van der Waals surface area (Å²) in [5, 5.41) is 22.2. The van der Waals surface area contributed by atoms with E-state index in [0.29, 0.717) is 43.6 Å². The second-order valence-corrected chi connectivity index (χ2v) is 13.1. The average Bonchev–Trinajstić information content (AvgIpc) is 3.39. The number of anilines is 2. The molecule has 0 fully saturated rings. The van der Waals surface area contributed by atoms with Crippen LogP contribution in [0, 0.1) is 22.6 Å². The standard InChI is InChI=1S/C29H26ClFN6O3S2/c1-29(2)11-20-25(21(38)12-29)24(16-6-4-5-7-19(16)31)17(13-32)26(33)37(20)27-35-36-28(42-27)41-14-23(39)34-15-8-9-22(40-3)18(30)10-15/h4-10,24H,11-12,14,33H2,1-3H3,(H,34,39). The second-order valence-electron chi connectivity index (χ2n) is 10.5. The van der Waals surface area contributed by atoms with Crippen LogP contribution in [0.1, 0.15) is 38.2 Å². The molecule has 42 heavy (non-hydrogen) atoms. The molecule has 5 rings (SSSR count). The van der Waals surface area contributed by atoms with Gasteiger partial charge in [0.05, 0.1) is 35.4 Å². The summed E-state index contributed by atoms with van der Waals surface area (Å²) in [6, 6.07) is 13.2. The van der Waals surface area contributed by atoms with Crippen molar-refractivity contribution in [3.63, 3.8) is 0 Å². The number of hydrogen-bond donors (Lipinski definition) is 2. The topological polar surface area (TPSA) is 134 Å². The summed E-state index contributed by atoms with van der Waals surface area (Å²) in [4.78, 5) is 27.8. The molecule has 1 aliphatic carbocycles. The van der Waals surface area contributed by atoms with E-state index in [9.17, 15) is 14.9 Å². The molecule has 0 radical (unpaired) electrons. The van der Waals surface area contributed by atoms with E-state index in [-0.39, 0.29) is 40.8 Å². The van der Waals surface area contributed by atoms with Gasteiger partial charge in [0.1, 0.15) is 17.4 Å². The van der Waals surface area contributed by atoms with Crippen LogP contribution in [-0.2, 0) is 9.59 Å². The minimum Gasteiger partial charge on any atom is -0.495 e. The number of ketones is 1. The first-order valence-corrected chi connectivity index (χ1v) is 15.0. The van der Waals surface area contributed by atoms with Gasteiger partial charge < -0.3 is 15.8 Å². The number of Topliss-reactive ketones (excluding diaryl/α,β-unsaturated/α-hetero) is 1. The summed E-state index contributed by atoms with van der Waals surface area (Å²) in [6.07, 6.45) is 0.697. The maximum Gasteiger partial charge on any atom is 0.234 e. The van der Waals surface area contributed by atoms with E-state index >= 15 is 4.39 Å². The van der Waals surface area contributed by atoms with Crippen LogP contribution in [0.3, 0.4) is 0 Å². The zero-order chi connectivity index (χ0) is 30.2. The first kappa shape index (κ1) is 29.6. The van der Waals surface area contributed by atoms with Crippen LogP contribution in [-0.4, -0.2) is 34.8 Å². The Morgan fingerprint density at radius 1 is 1.31 bits per heavy atom. The quantitative estimate of drug-likeness (QED) is 0.303. The summed E-state index contributed by atoms with van der Waals surface area (Å²) in [7, 11) is 1.51. The highest BCUT2D eigenvalue weighted by Gasteiger charge is 2.46. The molecule has 3 aromatic rings. The number of aromatic nitrogens is 2. The zero-order valence-corrected chi connectivity index (χ0v) is 25.3. The third-order valence-corrected chi connectivity index (χ3v) is 9.28. The molecule has 0 bridgehead atoms. The normalized spacial score (nSPS) is 18.0. The SMILES string of the molecule is COc1ccc(NC(=O)CSc2nnc(N3C(N)=C(C#N)C(c4ccccc4F)C4=C3CC(C)(C)CC4=O)s2)cc1Cl. The minimum absolute atomic E-state index is 0.0435. The Hall–Kier alpha value is -3.92. The lowest BCUT2D eigenvalue weighted by atomic mass is 9.68. The molecular formula is C29H26ClFN6O3S2. The van der Waals surface area contributed by atoms with Gasteiger partial charge in [0.15, 0.2) is 10.1 Å². The number of methoxy groups -OCH3 is 1. The molecule has 9 nitrogen and oxygen atoms in total. The Morgan fingerprint density at radius 2 is 2.07 bits per heavy atom. The number of nitriles is 1. The summed E-state index contributed by atoms with van der Waals surface area (Å²) in [5.74, 6) is -1.29. The summed E-state index contributed by atoms with van der Waals surface area (Å²) < 4.78 is 20.6. The fraction of sp³-hybridized carbons (Fsp3) is 0.276. The van der Waals surface area contributed by atoms with Gasteiger partial charge in [-0.05, 0) is 36.1 Å². The van der Waals surface area contributed by atoms with Gasteiger partial charge in [0, 0.05) is 28.9 Å². The van der Waals surface area contributed by atoms with Crippen molar-refractivity contribution in [3.8, 4) is 11.8 Å². The number of nitrogens with two attached hydrogens (primary N) is 1. The van der Waals surface area contributed by atoms with E-state index < -0.39 is 17.2 Å². The van der Waals surface area contributed by atoms with Crippen LogP contribution in [0.2, 0.25) is 5.02 Å².